The lowest BCUT2D eigenvalue weighted by Gasteiger charge is -2.04. The third-order valence-corrected chi connectivity index (χ3v) is 2.59. The van der Waals surface area contributed by atoms with Crippen molar-refractivity contribution in [2.45, 2.75) is 12.8 Å². The molecule has 5 nitrogen and oxygen atoms in total. The first kappa shape index (κ1) is 12.2. The summed E-state index contributed by atoms with van der Waals surface area (Å²) in [7, 11) is 0. The smallest absolute Gasteiger partial charge is 0.338 e. The number of carbonyl (C=O) groups is 2. The number of carbonyl (C=O) groups excluding carboxylic acids is 2. The first-order valence-electron chi connectivity index (χ1n) is 5.69. The van der Waals surface area contributed by atoms with E-state index in [2.05, 4.69) is 4.98 Å². The van der Waals surface area contributed by atoms with Gasteiger partial charge in [0.1, 0.15) is 0 Å². The number of nitrogens with one attached hydrogen (secondary N) is 1. The molecular formula is C13H14N2O3. The standard InChI is InChI=1S/C13H14N2O3/c14-12(16)2-1-7-18-13(17)10-3-4-11-9(8-10)5-6-15-11/h3-6,8,15H,1-2,7H2,(H2,14,16). The summed E-state index contributed by atoms with van der Waals surface area (Å²) < 4.78 is 5.05. The Morgan fingerprint density at radius 1 is 1.28 bits per heavy atom. The molecule has 0 unspecified atom stereocenters. The lowest BCUT2D eigenvalue weighted by molar-refractivity contribution is -0.118. The summed E-state index contributed by atoms with van der Waals surface area (Å²) in [5, 5.41) is 0.960. The fourth-order valence-electron chi connectivity index (χ4n) is 1.67. The summed E-state index contributed by atoms with van der Waals surface area (Å²) in [6.45, 7) is 0.201. The molecule has 0 saturated heterocycles. The number of aromatic nitrogens is 1. The van der Waals surface area contributed by atoms with Crippen molar-refractivity contribution in [2.75, 3.05) is 6.61 Å². The minimum absolute atomic E-state index is 0.201. The number of aromatic amines is 1. The van der Waals surface area contributed by atoms with E-state index in [1.165, 1.54) is 0 Å². The van der Waals surface area contributed by atoms with E-state index < -0.39 is 0 Å². The van der Waals surface area contributed by atoms with Crippen LogP contribution in [0, 0.1) is 0 Å². The van der Waals surface area contributed by atoms with Crippen molar-refractivity contribution >= 4 is 22.8 Å². The van der Waals surface area contributed by atoms with Gasteiger partial charge in [0.05, 0.1) is 12.2 Å². The number of amides is 1. The quantitative estimate of drug-likeness (QED) is 0.620. The number of benzene rings is 1. The molecule has 0 bridgehead atoms. The fraction of sp³-hybridized carbons (Fsp3) is 0.231. The molecule has 0 radical (unpaired) electrons. The third-order valence-electron chi connectivity index (χ3n) is 2.59. The van der Waals surface area contributed by atoms with Crippen molar-refractivity contribution in [3.05, 3.63) is 36.0 Å². The van der Waals surface area contributed by atoms with Gasteiger partial charge in [0.25, 0.3) is 0 Å². The van der Waals surface area contributed by atoms with E-state index in [1.807, 2.05) is 18.3 Å². The maximum Gasteiger partial charge on any atom is 0.338 e. The predicted molar refractivity (Wildman–Crippen MR) is 67.0 cm³/mol. The lowest BCUT2D eigenvalue weighted by Crippen LogP contribution is -2.12. The second kappa shape index (κ2) is 5.35. The number of hydrogen-bond donors (Lipinski definition) is 2. The molecule has 1 aromatic carbocycles. The normalized spacial score (nSPS) is 10.4. The van der Waals surface area contributed by atoms with Crippen LogP contribution < -0.4 is 5.73 Å². The van der Waals surface area contributed by atoms with Crippen LogP contribution in [0.15, 0.2) is 30.5 Å². The Hall–Kier alpha value is -2.30. The summed E-state index contributed by atoms with van der Waals surface area (Å²) in [5.74, 6) is -0.776. The minimum atomic E-state index is -0.389. The van der Waals surface area contributed by atoms with Gasteiger partial charge in [0, 0.05) is 23.5 Å². The van der Waals surface area contributed by atoms with Crippen molar-refractivity contribution in [1.82, 2.24) is 4.98 Å². The van der Waals surface area contributed by atoms with Gasteiger partial charge in [-0.15, -0.1) is 0 Å². The highest BCUT2D eigenvalue weighted by Gasteiger charge is 2.08. The Labute approximate surface area is 104 Å². The minimum Gasteiger partial charge on any atom is -0.462 e. The van der Waals surface area contributed by atoms with Gasteiger partial charge < -0.3 is 15.5 Å². The molecular weight excluding hydrogens is 232 g/mol. The van der Waals surface area contributed by atoms with E-state index in [1.54, 1.807) is 12.1 Å². The molecule has 0 aliphatic rings. The highest BCUT2D eigenvalue weighted by atomic mass is 16.5. The van der Waals surface area contributed by atoms with Gasteiger partial charge in [-0.3, -0.25) is 4.79 Å². The Balaban J connectivity index is 1.93. The van der Waals surface area contributed by atoms with Crippen LogP contribution in [0.25, 0.3) is 10.9 Å². The van der Waals surface area contributed by atoms with Gasteiger partial charge in [-0.1, -0.05) is 0 Å². The first-order valence-corrected chi connectivity index (χ1v) is 5.69. The van der Waals surface area contributed by atoms with Crippen LogP contribution in [0.1, 0.15) is 23.2 Å². The van der Waals surface area contributed by atoms with Gasteiger partial charge in [-0.05, 0) is 30.7 Å². The molecule has 2 aromatic rings. The molecule has 1 aromatic heterocycles. The topological polar surface area (TPSA) is 85.2 Å². The molecule has 94 valence electrons. The Morgan fingerprint density at radius 3 is 2.89 bits per heavy atom. The maximum atomic E-state index is 11.7. The van der Waals surface area contributed by atoms with Crippen LogP contribution in [0.4, 0.5) is 0 Å². The van der Waals surface area contributed by atoms with E-state index in [-0.39, 0.29) is 24.9 Å². The number of hydrogen-bond acceptors (Lipinski definition) is 3. The molecule has 0 saturated carbocycles. The highest BCUT2D eigenvalue weighted by molar-refractivity contribution is 5.94. The van der Waals surface area contributed by atoms with Gasteiger partial charge in [-0.2, -0.15) is 0 Å². The van der Waals surface area contributed by atoms with Crippen LogP contribution >= 0.6 is 0 Å². The summed E-state index contributed by atoms with van der Waals surface area (Å²) in [4.78, 5) is 25.3. The zero-order valence-electron chi connectivity index (χ0n) is 9.81. The Morgan fingerprint density at radius 2 is 2.11 bits per heavy atom. The number of fused-ring (bicyclic) bond motifs is 1. The van der Waals surface area contributed by atoms with Crippen molar-refractivity contribution in [1.29, 1.82) is 0 Å². The van der Waals surface area contributed by atoms with Crippen LogP contribution in [0.2, 0.25) is 0 Å². The molecule has 0 atom stereocenters. The molecule has 1 amide bonds. The van der Waals surface area contributed by atoms with E-state index in [0.29, 0.717) is 12.0 Å². The first-order chi connectivity index (χ1) is 8.66. The zero-order chi connectivity index (χ0) is 13.0. The summed E-state index contributed by atoms with van der Waals surface area (Å²) in [6, 6.07) is 7.19. The zero-order valence-corrected chi connectivity index (χ0v) is 9.81. The van der Waals surface area contributed by atoms with Crippen molar-refractivity contribution < 1.29 is 14.3 Å². The molecule has 1 heterocycles. The van der Waals surface area contributed by atoms with Gasteiger partial charge >= 0.3 is 5.97 Å². The largest absolute Gasteiger partial charge is 0.462 e. The van der Waals surface area contributed by atoms with Crippen LogP contribution in [0.5, 0.6) is 0 Å². The van der Waals surface area contributed by atoms with Crippen molar-refractivity contribution in [3.63, 3.8) is 0 Å². The number of ether oxygens (including phenoxy) is 1. The predicted octanol–water partition coefficient (Wildman–Crippen LogP) is 1.59. The molecule has 0 aliphatic heterocycles. The summed E-state index contributed by atoms with van der Waals surface area (Å²) in [5.41, 5.74) is 6.46. The average Bonchev–Trinajstić information content (AvgIpc) is 2.81. The van der Waals surface area contributed by atoms with Crippen molar-refractivity contribution in [2.24, 2.45) is 5.73 Å². The van der Waals surface area contributed by atoms with E-state index in [9.17, 15) is 9.59 Å². The fourth-order valence-corrected chi connectivity index (χ4v) is 1.67. The van der Waals surface area contributed by atoms with Crippen LogP contribution in [-0.4, -0.2) is 23.5 Å². The van der Waals surface area contributed by atoms with E-state index >= 15 is 0 Å². The number of rotatable bonds is 5. The van der Waals surface area contributed by atoms with Gasteiger partial charge in [-0.25, -0.2) is 4.79 Å². The number of primary amides is 1. The molecule has 2 rings (SSSR count). The Bertz CT molecular complexity index is 574. The molecule has 5 heteroatoms. The van der Waals surface area contributed by atoms with Crippen molar-refractivity contribution in [3.8, 4) is 0 Å². The molecule has 18 heavy (non-hydrogen) atoms. The van der Waals surface area contributed by atoms with Crippen LogP contribution in [0.3, 0.4) is 0 Å². The average molecular weight is 246 g/mol. The monoisotopic (exact) mass is 246 g/mol. The van der Waals surface area contributed by atoms with Gasteiger partial charge in [0.15, 0.2) is 0 Å². The second-order valence-electron chi connectivity index (χ2n) is 3.99. The molecule has 0 aliphatic carbocycles. The SMILES string of the molecule is NC(=O)CCCOC(=O)c1ccc2[nH]ccc2c1. The Kier molecular flexibility index (Phi) is 3.62. The summed E-state index contributed by atoms with van der Waals surface area (Å²) >= 11 is 0. The second-order valence-corrected chi connectivity index (χ2v) is 3.99. The third kappa shape index (κ3) is 2.88. The molecule has 0 fully saturated rings. The molecule has 0 spiro atoms. The number of nitrogens with two attached hydrogens (primary N) is 1. The van der Waals surface area contributed by atoms with E-state index in [0.717, 1.165) is 10.9 Å². The number of H-pyrrole nitrogens is 1. The van der Waals surface area contributed by atoms with Crippen LogP contribution in [-0.2, 0) is 9.53 Å². The highest BCUT2D eigenvalue weighted by Crippen LogP contribution is 2.15. The number of esters is 1. The summed E-state index contributed by atoms with van der Waals surface area (Å²) in [6.07, 6.45) is 2.49. The lowest BCUT2D eigenvalue weighted by atomic mass is 10.1. The maximum absolute atomic E-state index is 11.7. The van der Waals surface area contributed by atoms with Gasteiger partial charge in [0.2, 0.25) is 5.91 Å². The van der Waals surface area contributed by atoms with E-state index in [4.69, 9.17) is 10.5 Å². The molecule has 3 N–H and O–H groups in total.